The van der Waals surface area contributed by atoms with Crippen LogP contribution in [0.1, 0.15) is 39.9 Å². The van der Waals surface area contributed by atoms with Crippen LogP contribution in [0.15, 0.2) is 23.0 Å². The van der Waals surface area contributed by atoms with Crippen molar-refractivity contribution in [2.24, 2.45) is 0 Å². The number of aromatic hydroxyl groups is 1. The molecule has 10 nitrogen and oxygen atoms in total. The molecule has 35 heavy (non-hydrogen) atoms. The minimum atomic E-state index is -0.783. The number of hydrogen-bond donors (Lipinski definition) is 1. The Hall–Kier alpha value is -3.24. The Bertz CT molecular complexity index is 1230. The van der Waals surface area contributed by atoms with Crippen molar-refractivity contribution in [1.29, 1.82) is 0 Å². The standard InChI is InChI=1S/C24H30ClN5O5/c1-14-6-7-15(12-16(14)25)8-9-18(31)19-20(32)22(33)30-11-10-28(4)13-17(21(30)26-19)29(5)24(35)23(34)27(2)3/h6-7,12,17,32H,8-11,13H2,1-5H3. The number of hydrogen-bond acceptors (Lipinski definition) is 7. The van der Waals surface area contributed by atoms with Gasteiger partial charge in [0.05, 0.1) is 0 Å². The van der Waals surface area contributed by atoms with Gasteiger partial charge in [0.2, 0.25) is 5.75 Å². The molecule has 0 spiro atoms. The Labute approximate surface area is 208 Å². The van der Waals surface area contributed by atoms with E-state index in [1.165, 1.54) is 35.5 Å². The summed E-state index contributed by atoms with van der Waals surface area (Å²) in [5.41, 5.74) is 0.666. The third kappa shape index (κ3) is 5.54. The van der Waals surface area contributed by atoms with Crippen molar-refractivity contribution >= 4 is 29.2 Å². The van der Waals surface area contributed by atoms with E-state index in [2.05, 4.69) is 4.98 Å². The van der Waals surface area contributed by atoms with E-state index in [0.29, 0.717) is 18.0 Å². The fourth-order valence-electron chi connectivity index (χ4n) is 3.91. The Morgan fingerprint density at radius 1 is 1.17 bits per heavy atom. The highest BCUT2D eigenvalue weighted by atomic mass is 35.5. The summed E-state index contributed by atoms with van der Waals surface area (Å²) in [4.78, 5) is 59.8. The number of aromatic nitrogens is 2. The van der Waals surface area contributed by atoms with Crippen molar-refractivity contribution < 1.29 is 19.5 Å². The molecule has 0 saturated heterocycles. The van der Waals surface area contributed by atoms with Crippen molar-refractivity contribution in [3.05, 3.63) is 56.2 Å². The number of fused-ring (bicyclic) bond motifs is 1. The topological polar surface area (TPSA) is 116 Å². The van der Waals surface area contributed by atoms with E-state index in [1.807, 2.05) is 31.0 Å². The summed E-state index contributed by atoms with van der Waals surface area (Å²) in [6, 6.07) is 4.71. The van der Waals surface area contributed by atoms with E-state index in [-0.39, 0.29) is 31.0 Å². The minimum absolute atomic E-state index is 0.00129. The molecule has 1 N–H and O–H groups in total. The van der Waals surface area contributed by atoms with E-state index in [1.54, 1.807) is 6.07 Å². The fraction of sp³-hybridized carbons (Fsp3) is 0.458. The number of halogens is 1. The number of nitrogens with zero attached hydrogens (tertiary/aromatic N) is 5. The van der Waals surface area contributed by atoms with Gasteiger partial charge in [-0.1, -0.05) is 23.7 Å². The van der Waals surface area contributed by atoms with E-state index >= 15 is 0 Å². The SMILES string of the molecule is Cc1ccc(CCC(=O)c2nc3n(c(=O)c2O)CCN(C)CC3N(C)C(=O)C(=O)N(C)C)cc1Cl. The van der Waals surface area contributed by atoms with Crippen LogP contribution in [-0.2, 0) is 22.6 Å². The number of amides is 2. The van der Waals surface area contributed by atoms with Crippen molar-refractivity contribution in [2.75, 3.05) is 41.3 Å². The fourth-order valence-corrected chi connectivity index (χ4v) is 4.12. The third-order valence-electron chi connectivity index (χ3n) is 6.18. The van der Waals surface area contributed by atoms with Crippen molar-refractivity contribution in [3.63, 3.8) is 0 Å². The van der Waals surface area contributed by atoms with Crippen LogP contribution in [0.5, 0.6) is 5.75 Å². The molecular weight excluding hydrogens is 474 g/mol. The number of benzene rings is 1. The molecule has 188 valence electrons. The molecule has 0 bridgehead atoms. The van der Waals surface area contributed by atoms with E-state index in [9.17, 15) is 24.3 Å². The molecule has 0 radical (unpaired) electrons. The number of rotatable bonds is 5. The van der Waals surface area contributed by atoms with E-state index < -0.39 is 34.9 Å². The van der Waals surface area contributed by atoms with Crippen LogP contribution in [0.3, 0.4) is 0 Å². The number of carbonyl (C=O) groups excluding carboxylic acids is 3. The van der Waals surface area contributed by atoms with Gasteiger partial charge in [0, 0.05) is 52.2 Å². The molecule has 1 aliphatic rings. The molecule has 3 rings (SSSR count). The largest absolute Gasteiger partial charge is 0.501 e. The summed E-state index contributed by atoms with van der Waals surface area (Å²) in [5, 5.41) is 11.2. The van der Waals surface area contributed by atoms with Crippen LogP contribution in [0.2, 0.25) is 5.02 Å². The average molecular weight is 504 g/mol. The maximum atomic E-state index is 13.0. The smallest absolute Gasteiger partial charge is 0.312 e. The number of likely N-dealkylation sites (N-methyl/N-ethyl adjacent to an activating group) is 3. The van der Waals surface area contributed by atoms with E-state index in [4.69, 9.17) is 11.6 Å². The molecule has 1 aliphatic heterocycles. The van der Waals surface area contributed by atoms with Gasteiger partial charge >= 0.3 is 11.8 Å². The molecular formula is C24H30ClN5O5. The quantitative estimate of drug-likeness (QED) is 0.482. The number of aryl methyl sites for hydroxylation is 2. The van der Waals surface area contributed by atoms with Gasteiger partial charge in [0.15, 0.2) is 11.5 Å². The van der Waals surface area contributed by atoms with Gasteiger partial charge < -0.3 is 19.8 Å². The highest BCUT2D eigenvalue weighted by Crippen LogP contribution is 2.25. The van der Waals surface area contributed by atoms with Crippen molar-refractivity contribution in [1.82, 2.24) is 24.3 Å². The van der Waals surface area contributed by atoms with Crippen LogP contribution in [0.4, 0.5) is 0 Å². The summed E-state index contributed by atoms with van der Waals surface area (Å²) in [7, 11) is 6.22. The molecule has 2 heterocycles. The molecule has 1 atom stereocenters. The molecule has 1 aromatic heterocycles. The molecule has 1 aromatic carbocycles. The average Bonchev–Trinajstić information content (AvgIpc) is 2.99. The maximum Gasteiger partial charge on any atom is 0.312 e. The van der Waals surface area contributed by atoms with Crippen molar-refractivity contribution in [2.45, 2.75) is 32.4 Å². The van der Waals surface area contributed by atoms with Gasteiger partial charge in [-0.3, -0.25) is 23.7 Å². The zero-order chi connectivity index (χ0) is 26.0. The molecule has 0 aliphatic carbocycles. The monoisotopic (exact) mass is 503 g/mol. The predicted octanol–water partition coefficient (Wildman–Crippen LogP) is 1.26. The van der Waals surface area contributed by atoms with Gasteiger partial charge in [-0.15, -0.1) is 0 Å². The van der Waals surface area contributed by atoms with Crippen LogP contribution >= 0.6 is 11.6 Å². The molecule has 11 heteroatoms. The van der Waals surface area contributed by atoms with Crippen LogP contribution in [0, 0.1) is 6.92 Å². The molecule has 2 aromatic rings. The van der Waals surface area contributed by atoms with Gasteiger partial charge in [0.25, 0.3) is 5.56 Å². The lowest BCUT2D eigenvalue weighted by molar-refractivity contribution is -0.151. The molecule has 2 amide bonds. The Kier molecular flexibility index (Phi) is 7.97. The Balaban J connectivity index is 1.98. The van der Waals surface area contributed by atoms with Crippen LogP contribution in [0.25, 0.3) is 0 Å². The lowest BCUT2D eigenvalue weighted by atomic mass is 10.0. The summed E-state index contributed by atoms with van der Waals surface area (Å²) >= 11 is 6.17. The van der Waals surface area contributed by atoms with E-state index in [0.717, 1.165) is 11.1 Å². The summed E-state index contributed by atoms with van der Waals surface area (Å²) in [5.74, 6) is -2.56. The summed E-state index contributed by atoms with van der Waals surface area (Å²) in [6.45, 7) is 2.83. The second-order valence-electron chi connectivity index (χ2n) is 9.02. The second-order valence-corrected chi connectivity index (χ2v) is 9.43. The minimum Gasteiger partial charge on any atom is -0.501 e. The first-order valence-corrected chi connectivity index (χ1v) is 11.6. The number of Topliss-reactive ketones (excluding diaryl/α,β-unsaturated/α-hetero) is 1. The van der Waals surface area contributed by atoms with Crippen LogP contribution in [-0.4, -0.2) is 88.2 Å². The van der Waals surface area contributed by atoms with Crippen molar-refractivity contribution in [3.8, 4) is 5.75 Å². The highest BCUT2D eigenvalue weighted by molar-refractivity contribution is 6.34. The summed E-state index contributed by atoms with van der Waals surface area (Å²) in [6.07, 6.45) is 0.349. The predicted molar refractivity (Wildman–Crippen MR) is 131 cm³/mol. The zero-order valence-electron chi connectivity index (χ0n) is 20.5. The maximum absolute atomic E-state index is 13.0. The first-order chi connectivity index (χ1) is 16.4. The summed E-state index contributed by atoms with van der Waals surface area (Å²) < 4.78 is 1.27. The molecule has 1 unspecified atom stereocenters. The highest BCUT2D eigenvalue weighted by Gasteiger charge is 2.35. The van der Waals surface area contributed by atoms with Gasteiger partial charge in [-0.2, -0.15) is 0 Å². The lowest BCUT2D eigenvalue weighted by Crippen LogP contribution is -2.45. The molecule has 0 saturated carbocycles. The second kappa shape index (κ2) is 10.6. The number of ketones is 1. The molecule has 0 fully saturated rings. The van der Waals surface area contributed by atoms with Gasteiger partial charge in [0.1, 0.15) is 11.9 Å². The lowest BCUT2D eigenvalue weighted by Gasteiger charge is -2.30. The zero-order valence-corrected chi connectivity index (χ0v) is 21.3. The first kappa shape index (κ1) is 26.4. The first-order valence-electron chi connectivity index (χ1n) is 11.2. The third-order valence-corrected chi connectivity index (χ3v) is 6.59. The Morgan fingerprint density at radius 3 is 2.49 bits per heavy atom. The van der Waals surface area contributed by atoms with Gasteiger partial charge in [-0.25, -0.2) is 4.98 Å². The normalized spacial score (nSPS) is 15.8. The van der Waals surface area contributed by atoms with Crippen LogP contribution < -0.4 is 5.56 Å². The Morgan fingerprint density at radius 2 is 1.86 bits per heavy atom. The van der Waals surface area contributed by atoms with Gasteiger partial charge in [-0.05, 0) is 37.6 Å². The number of carbonyl (C=O) groups is 3.